The molecule has 0 bridgehead atoms. The van der Waals surface area contributed by atoms with Crippen molar-refractivity contribution < 1.29 is 28.6 Å². The maximum Gasteiger partial charge on any atom is 0.426 e. The molecule has 246 valence electrons. The Hall–Kier alpha value is -3.10. The molecule has 2 rings (SSSR count). The molecule has 1 heterocycles. The summed E-state index contributed by atoms with van der Waals surface area (Å²) < 4.78 is 16.2. The van der Waals surface area contributed by atoms with E-state index in [9.17, 15) is 14.4 Å². The predicted octanol–water partition coefficient (Wildman–Crippen LogP) is 3.39. The molecule has 2 aromatic rings. The summed E-state index contributed by atoms with van der Waals surface area (Å²) in [4.78, 5) is 42.7. The molecule has 4 atom stereocenters. The largest absolute Gasteiger partial charge is 0.446 e. The number of hydrazine groups is 1. The Morgan fingerprint density at radius 1 is 1.00 bits per heavy atom. The second kappa shape index (κ2) is 20.0. The number of nitrogens with two attached hydrogens (primary N) is 2. The Labute approximate surface area is 265 Å². The van der Waals surface area contributed by atoms with Gasteiger partial charge in [-0.15, -0.1) is 11.3 Å². The first kappa shape index (κ1) is 37.1. The van der Waals surface area contributed by atoms with Crippen LogP contribution in [0.1, 0.15) is 79.7 Å². The molecule has 1 aromatic heterocycles. The van der Waals surface area contributed by atoms with Crippen molar-refractivity contribution in [2.24, 2.45) is 23.3 Å². The molecule has 13 heteroatoms. The van der Waals surface area contributed by atoms with Gasteiger partial charge in [-0.2, -0.15) is 0 Å². The molecule has 0 unspecified atom stereocenters. The van der Waals surface area contributed by atoms with E-state index in [1.807, 2.05) is 38.1 Å². The summed E-state index contributed by atoms with van der Waals surface area (Å²) in [7, 11) is 0. The van der Waals surface area contributed by atoms with Gasteiger partial charge in [-0.05, 0) is 44.1 Å². The summed E-state index contributed by atoms with van der Waals surface area (Å²) in [6.07, 6.45) is 1.20. The number of benzene rings is 1. The van der Waals surface area contributed by atoms with E-state index in [0.717, 1.165) is 17.5 Å². The van der Waals surface area contributed by atoms with Crippen molar-refractivity contribution >= 4 is 29.2 Å². The van der Waals surface area contributed by atoms with Crippen LogP contribution in [0.4, 0.5) is 4.79 Å². The fourth-order valence-corrected chi connectivity index (χ4v) is 5.06. The highest BCUT2D eigenvalue weighted by atomic mass is 32.1. The summed E-state index contributed by atoms with van der Waals surface area (Å²) in [5.41, 5.74) is 18.7. The van der Waals surface area contributed by atoms with E-state index in [1.54, 1.807) is 12.3 Å². The number of nitrogens with one attached hydrogen (secondary N) is 3. The van der Waals surface area contributed by atoms with E-state index in [4.69, 9.17) is 25.7 Å². The van der Waals surface area contributed by atoms with Gasteiger partial charge in [-0.25, -0.2) is 15.2 Å². The van der Waals surface area contributed by atoms with Crippen molar-refractivity contribution in [2.75, 3.05) is 33.0 Å². The van der Waals surface area contributed by atoms with Crippen molar-refractivity contribution in [3.05, 3.63) is 51.5 Å². The lowest BCUT2D eigenvalue weighted by Gasteiger charge is -2.22. The molecule has 0 aliphatic carbocycles. The molecule has 1 aromatic carbocycles. The number of amides is 3. The summed E-state index contributed by atoms with van der Waals surface area (Å²) in [5.74, 6) is -1.01. The third-order valence-corrected chi connectivity index (χ3v) is 7.87. The van der Waals surface area contributed by atoms with Crippen LogP contribution in [0.3, 0.4) is 0 Å². The number of ether oxygens (including phenoxy) is 3. The molecule has 0 aliphatic rings. The minimum absolute atomic E-state index is 0.0241. The first-order valence-electron chi connectivity index (χ1n) is 15.2. The van der Waals surface area contributed by atoms with E-state index >= 15 is 0 Å². The third kappa shape index (κ3) is 13.7. The summed E-state index contributed by atoms with van der Waals surface area (Å²) >= 11 is 1.38. The monoisotopic (exact) mass is 634 g/mol. The second-order valence-electron chi connectivity index (χ2n) is 11.2. The van der Waals surface area contributed by atoms with Gasteiger partial charge < -0.3 is 31.0 Å². The highest BCUT2D eigenvalue weighted by Crippen LogP contribution is 2.28. The van der Waals surface area contributed by atoms with Crippen LogP contribution in [0.2, 0.25) is 0 Å². The minimum atomic E-state index is -0.804. The Kier molecular flexibility index (Phi) is 16.9. The maximum atomic E-state index is 13.4. The topological polar surface area (TPSA) is 180 Å². The van der Waals surface area contributed by atoms with Gasteiger partial charge in [0.25, 0.3) is 5.91 Å². The van der Waals surface area contributed by atoms with Crippen molar-refractivity contribution in [3.8, 4) is 0 Å². The number of rotatable bonds is 19. The molecule has 7 N–H and O–H groups in total. The van der Waals surface area contributed by atoms with Gasteiger partial charge in [-0.1, -0.05) is 57.5 Å². The number of thiazole rings is 1. The minimum Gasteiger partial charge on any atom is -0.446 e. The van der Waals surface area contributed by atoms with Crippen molar-refractivity contribution in [1.29, 1.82) is 0 Å². The first-order chi connectivity index (χ1) is 21.0. The van der Waals surface area contributed by atoms with Crippen LogP contribution >= 0.6 is 11.3 Å². The highest BCUT2D eigenvalue weighted by molar-refractivity contribution is 7.09. The molecular formula is C31H50N6O6S. The van der Waals surface area contributed by atoms with E-state index in [-0.39, 0.29) is 43.2 Å². The van der Waals surface area contributed by atoms with Gasteiger partial charge in [0.1, 0.15) is 23.4 Å². The van der Waals surface area contributed by atoms with Crippen molar-refractivity contribution in [3.63, 3.8) is 0 Å². The average Bonchev–Trinajstić information content (AvgIpc) is 3.49. The van der Waals surface area contributed by atoms with Gasteiger partial charge in [0, 0.05) is 36.5 Å². The summed E-state index contributed by atoms with van der Waals surface area (Å²) in [5, 5.41) is 5.51. The number of nitrogens with zero attached hydrogens (tertiary/aromatic N) is 1. The molecule has 0 radical (unpaired) electrons. The van der Waals surface area contributed by atoms with E-state index in [0.29, 0.717) is 49.7 Å². The highest BCUT2D eigenvalue weighted by Gasteiger charge is 2.25. The van der Waals surface area contributed by atoms with E-state index < -0.39 is 17.9 Å². The number of hydrogen-bond acceptors (Lipinski definition) is 10. The van der Waals surface area contributed by atoms with Crippen LogP contribution in [0.5, 0.6) is 0 Å². The molecule has 0 saturated carbocycles. The fourth-order valence-electron chi connectivity index (χ4n) is 4.21. The Morgan fingerprint density at radius 2 is 1.73 bits per heavy atom. The molecular weight excluding hydrogens is 584 g/mol. The number of aromatic nitrogens is 1. The molecule has 0 fully saturated rings. The SMILES string of the molecule is CCCO[C@H](C[C@@H](N)C(C)C)c1nc(C(=O)N[C@@H](Cc2ccc(C)cc2)C[C@H](C)C(=O)NNC(=O)OCCOCCN)cs1. The zero-order chi connectivity index (χ0) is 32.5. The third-order valence-electron chi connectivity index (χ3n) is 6.93. The summed E-state index contributed by atoms with van der Waals surface area (Å²) in [6, 6.07) is 7.57. The van der Waals surface area contributed by atoms with Crippen LogP contribution in [0.15, 0.2) is 29.6 Å². The molecule has 3 amide bonds. The van der Waals surface area contributed by atoms with Gasteiger partial charge in [0.2, 0.25) is 5.91 Å². The Balaban J connectivity index is 2.06. The first-order valence-corrected chi connectivity index (χ1v) is 16.1. The predicted molar refractivity (Wildman–Crippen MR) is 171 cm³/mol. The fraction of sp³-hybridized carbons (Fsp3) is 0.613. The van der Waals surface area contributed by atoms with Gasteiger partial charge in [0.15, 0.2) is 0 Å². The quantitative estimate of drug-likeness (QED) is 0.114. The van der Waals surface area contributed by atoms with Crippen LogP contribution in [-0.4, -0.2) is 67.9 Å². The average molecular weight is 635 g/mol. The van der Waals surface area contributed by atoms with Crippen LogP contribution in [0.25, 0.3) is 0 Å². The van der Waals surface area contributed by atoms with Gasteiger partial charge in [-0.3, -0.25) is 15.0 Å². The normalized spacial score (nSPS) is 14.0. The second-order valence-corrected chi connectivity index (χ2v) is 12.1. The summed E-state index contributed by atoms with van der Waals surface area (Å²) in [6.45, 7) is 11.5. The Morgan fingerprint density at radius 3 is 2.39 bits per heavy atom. The van der Waals surface area contributed by atoms with Gasteiger partial charge >= 0.3 is 6.09 Å². The Bertz CT molecular complexity index is 1140. The van der Waals surface area contributed by atoms with Crippen LogP contribution in [0, 0.1) is 18.8 Å². The number of carbonyl (C=O) groups is 3. The van der Waals surface area contributed by atoms with E-state index in [2.05, 4.69) is 35.0 Å². The lowest BCUT2D eigenvalue weighted by molar-refractivity contribution is -0.125. The smallest absolute Gasteiger partial charge is 0.426 e. The number of hydrogen-bond donors (Lipinski definition) is 5. The van der Waals surface area contributed by atoms with Gasteiger partial charge in [0.05, 0.1) is 13.2 Å². The van der Waals surface area contributed by atoms with Crippen molar-refractivity contribution in [1.82, 2.24) is 21.2 Å². The van der Waals surface area contributed by atoms with Crippen molar-refractivity contribution in [2.45, 2.75) is 78.5 Å². The lowest BCUT2D eigenvalue weighted by atomic mass is 9.95. The standard InChI is InChI=1S/C31H50N6O6S/c1-6-12-42-27(18-25(33)20(2)3)30-35-26(19-44-30)29(39)34-24(17-23-9-7-21(4)8-10-23)16-22(5)28(38)36-37-31(40)43-15-14-41-13-11-32/h7-10,19-20,22,24-25,27H,6,11-18,32-33H2,1-5H3,(H,34,39)(H,36,38)(H,37,40)/t22-,24+,25+,27+/m0/s1. The lowest BCUT2D eigenvalue weighted by Crippen LogP contribution is -2.46. The van der Waals surface area contributed by atoms with Crippen LogP contribution in [-0.2, 0) is 25.4 Å². The molecule has 0 aliphatic heterocycles. The zero-order valence-corrected chi connectivity index (χ0v) is 27.4. The molecule has 0 saturated heterocycles. The molecule has 44 heavy (non-hydrogen) atoms. The van der Waals surface area contributed by atoms with E-state index in [1.165, 1.54) is 11.3 Å². The van der Waals surface area contributed by atoms with Crippen LogP contribution < -0.4 is 27.6 Å². The molecule has 12 nitrogen and oxygen atoms in total. The maximum absolute atomic E-state index is 13.4. The molecule has 0 spiro atoms. The number of aryl methyl sites for hydroxylation is 1. The zero-order valence-electron chi connectivity index (χ0n) is 26.6. The number of carbonyl (C=O) groups excluding carboxylic acids is 3.